The summed E-state index contributed by atoms with van der Waals surface area (Å²) in [6.45, 7) is 3.75. The Bertz CT molecular complexity index is 1130. The third-order valence-corrected chi connectivity index (χ3v) is 5.02. The summed E-state index contributed by atoms with van der Waals surface area (Å²) >= 11 is 0. The van der Waals surface area contributed by atoms with Gasteiger partial charge in [-0.3, -0.25) is 15.1 Å². The average Bonchev–Trinajstić information content (AvgIpc) is 2.92. The lowest BCUT2D eigenvalue weighted by Crippen LogP contribution is -2.33. The third kappa shape index (κ3) is 3.43. The molecular weight excluding hydrogens is 384 g/mol. The summed E-state index contributed by atoms with van der Waals surface area (Å²) < 4.78 is 5.30. The molecule has 152 valence electrons. The fraction of sp³-hybridized carbons (Fsp3) is 0.182. The first-order valence-electron chi connectivity index (χ1n) is 9.53. The first-order valence-corrected chi connectivity index (χ1v) is 9.53. The van der Waals surface area contributed by atoms with Crippen molar-refractivity contribution in [1.82, 2.24) is 5.32 Å². The number of hydrogen-bond donors (Lipinski definition) is 2. The molecule has 0 bridgehead atoms. The average molecular weight is 404 g/mol. The van der Waals surface area contributed by atoms with Gasteiger partial charge in [-0.15, -0.1) is 0 Å². The van der Waals surface area contributed by atoms with Crippen molar-refractivity contribution in [2.24, 2.45) is 4.99 Å². The third-order valence-electron chi connectivity index (χ3n) is 5.02. The fourth-order valence-electron chi connectivity index (χ4n) is 3.70. The van der Waals surface area contributed by atoms with E-state index < -0.39 is 16.8 Å². The minimum Gasteiger partial charge on any atom is -0.463 e. The van der Waals surface area contributed by atoms with Gasteiger partial charge in [0.2, 0.25) is 0 Å². The molecule has 2 heterocycles. The van der Waals surface area contributed by atoms with Gasteiger partial charge in [0.1, 0.15) is 5.82 Å². The molecule has 2 aliphatic heterocycles. The predicted octanol–water partition coefficient (Wildman–Crippen LogP) is 4.16. The van der Waals surface area contributed by atoms with E-state index >= 15 is 0 Å². The van der Waals surface area contributed by atoms with Gasteiger partial charge in [0.15, 0.2) is 0 Å². The number of anilines is 1. The molecule has 2 aromatic carbocycles. The van der Waals surface area contributed by atoms with Crippen LogP contribution in [0.1, 0.15) is 25.3 Å². The number of nitrogens with zero attached hydrogens (tertiary/aromatic N) is 2. The number of nitrogens with one attached hydrogen (secondary N) is 2. The molecule has 2 N–H and O–H groups in total. The van der Waals surface area contributed by atoms with Crippen molar-refractivity contribution < 1.29 is 14.5 Å². The number of fused-ring (bicyclic) bond motifs is 1. The zero-order valence-corrected chi connectivity index (χ0v) is 16.5. The van der Waals surface area contributed by atoms with Crippen LogP contribution in [0.4, 0.5) is 17.1 Å². The Morgan fingerprint density at radius 2 is 2.00 bits per heavy atom. The summed E-state index contributed by atoms with van der Waals surface area (Å²) in [7, 11) is 0. The number of benzene rings is 2. The zero-order chi connectivity index (χ0) is 21.3. The Labute approximate surface area is 173 Å². The summed E-state index contributed by atoms with van der Waals surface area (Å²) in [5.74, 6) is -0.378. The number of esters is 1. The van der Waals surface area contributed by atoms with Crippen LogP contribution < -0.4 is 10.6 Å². The van der Waals surface area contributed by atoms with Crippen molar-refractivity contribution in [3.8, 4) is 0 Å². The van der Waals surface area contributed by atoms with Crippen molar-refractivity contribution in [2.45, 2.75) is 19.8 Å². The molecule has 2 aromatic rings. The molecule has 0 saturated carbocycles. The second-order valence-electron chi connectivity index (χ2n) is 6.90. The van der Waals surface area contributed by atoms with Gasteiger partial charge >= 0.3 is 5.97 Å². The summed E-state index contributed by atoms with van der Waals surface area (Å²) in [5, 5.41) is 17.9. The number of aliphatic imine (C=N–C) groups is 1. The van der Waals surface area contributed by atoms with Gasteiger partial charge in [-0.2, -0.15) is 0 Å². The number of carbonyl (C=O) groups is 1. The summed E-state index contributed by atoms with van der Waals surface area (Å²) in [6.07, 6.45) is 1.69. The number of rotatable bonds is 4. The number of allylic oxidation sites excluding steroid dienone is 2. The Morgan fingerprint density at radius 1 is 1.20 bits per heavy atom. The molecule has 0 unspecified atom stereocenters. The molecular formula is C22H20N4O4. The van der Waals surface area contributed by atoms with Gasteiger partial charge in [-0.25, -0.2) is 4.79 Å². The summed E-state index contributed by atoms with van der Waals surface area (Å²) in [6, 6.07) is 13.9. The molecule has 30 heavy (non-hydrogen) atoms. The van der Waals surface area contributed by atoms with E-state index in [1.54, 1.807) is 32.2 Å². The number of non-ortho nitro benzene ring substituents is 1. The largest absolute Gasteiger partial charge is 0.463 e. The van der Waals surface area contributed by atoms with E-state index in [9.17, 15) is 14.9 Å². The minimum absolute atomic E-state index is 0.0455. The highest BCUT2D eigenvalue weighted by Crippen LogP contribution is 2.41. The normalized spacial score (nSPS) is 17.3. The SMILES string of the molecule is CCOC(=O)C1=C(C)NC2=C(C=Nc3ccccc3N2)[C@@H]1c1cccc([N+](=O)[O-])c1. The highest BCUT2D eigenvalue weighted by atomic mass is 16.6. The van der Waals surface area contributed by atoms with Crippen molar-refractivity contribution >= 4 is 29.2 Å². The molecule has 8 heteroatoms. The van der Waals surface area contributed by atoms with Crippen LogP contribution in [0.15, 0.2) is 76.2 Å². The molecule has 0 fully saturated rings. The Morgan fingerprint density at radius 3 is 2.77 bits per heavy atom. The monoisotopic (exact) mass is 404 g/mol. The van der Waals surface area contributed by atoms with Crippen molar-refractivity contribution in [3.63, 3.8) is 0 Å². The van der Waals surface area contributed by atoms with E-state index in [1.165, 1.54) is 12.1 Å². The van der Waals surface area contributed by atoms with Gasteiger partial charge in [-0.1, -0.05) is 24.3 Å². The van der Waals surface area contributed by atoms with Crippen LogP contribution in [-0.2, 0) is 9.53 Å². The molecule has 0 radical (unpaired) electrons. The molecule has 0 saturated heterocycles. The van der Waals surface area contributed by atoms with Gasteiger partial charge in [0.25, 0.3) is 5.69 Å². The van der Waals surface area contributed by atoms with Gasteiger partial charge in [-0.05, 0) is 31.5 Å². The van der Waals surface area contributed by atoms with E-state index in [-0.39, 0.29) is 12.3 Å². The Kier molecular flexibility index (Phi) is 5.05. The minimum atomic E-state index is -0.578. The molecule has 8 nitrogen and oxygen atoms in total. The molecule has 0 aliphatic carbocycles. The highest BCUT2D eigenvalue weighted by Gasteiger charge is 2.36. The maximum absolute atomic E-state index is 12.8. The number of carbonyl (C=O) groups excluding carboxylic acids is 1. The second-order valence-corrected chi connectivity index (χ2v) is 6.90. The number of nitro groups is 1. The highest BCUT2D eigenvalue weighted by molar-refractivity contribution is 5.98. The molecule has 4 rings (SSSR count). The molecule has 0 spiro atoms. The first kappa shape index (κ1) is 19.4. The standard InChI is InChI=1S/C22H20N4O4/c1-3-30-22(27)19-13(2)24-21-16(12-23-17-9-4-5-10-18(17)25-21)20(19)14-7-6-8-15(11-14)26(28)29/h4-12,20,24-25H,3H2,1-2H3/t20-/m0/s1. The first-order chi connectivity index (χ1) is 14.5. The topological polar surface area (TPSA) is 106 Å². The van der Waals surface area contributed by atoms with Crippen LogP contribution in [0.2, 0.25) is 0 Å². The van der Waals surface area contributed by atoms with E-state index in [0.29, 0.717) is 28.2 Å². The molecule has 1 atom stereocenters. The van der Waals surface area contributed by atoms with Crippen LogP contribution in [0.25, 0.3) is 0 Å². The summed E-state index contributed by atoms with van der Waals surface area (Å²) in [5.41, 5.74) is 3.84. The van der Waals surface area contributed by atoms with Crippen molar-refractivity contribution in [2.75, 3.05) is 11.9 Å². The fourth-order valence-corrected chi connectivity index (χ4v) is 3.70. The number of dihydropyridines is 1. The maximum Gasteiger partial charge on any atom is 0.336 e. The number of para-hydroxylation sites is 2. The lowest BCUT2D eigenvalue weighted by Gasteiger charge is -2.30. The van der Waals surface area contributed by atoms with E-state index in [2.05, 4.69) is 15.6 Å². The van der Waals surface area contributed by atoms with Crippen LogP contribution in [0.3, 0.4) is 0 Å². The van der Waals surface area contributed by atoms with Crippen LogP contribution in [0.5, 0.6) is 0 Å². The van der Waals surface area contributed by atoms with E-state index in [0.717, 1.165) is 11.4 Å². The van der Waals surface area contributed by atoms with E-state index in [4.69, 9.17) is 4.74 Å². The molecule has 2 aliphatic rings. The number of ether oxygens (including phenoxy) is 1. The van der Waals surface area contributed by atoms with Crippen LogP contribution in [-0.4, -0.2) is 23.7 Å². The zero-order valence-electron chi connectivity index (χ0n) is 16.5. The Balaban J connectivity index is 1.89. The van der Waals surface area contributed by atoms with Gasteiger partial charge < -0.3 is 15.4 Å². The van der Waals surface area contributed by atoms with Crippen LogP contribution >= 0.6 is 0 Å². The Hall–Kier alpha value is -3.94. The maximum atomic E-state index is 12.8. The number of hydrogen-bond acceptors (Lipinski definition) is 7. The van der Waals surface area contributed by atoms with Crippen molar-refractivity contribution in [1.29, 1.82) is 0 Å². The second kappa shape index (κ2) is 7.82. The molecule has 0 aromatic heterocycles. The van der Waals surface area contributed by atoms with E-state index in [1.807, 2.05) is 24.3 Å². The van der Waals surface area contributed by atoms with Crippen molar-refractivity contribution in [3.05, 3.63) is 86.9 Å². The van der Waals surface area contributed by atoms with Gasteiger partial charge in [0.05, 0.1) is 28.5 Å². The van der Waals surface area contributed by atoms with Gasteiger partial charge in [0, 0.05) is 35.5 Å². The number of nitro benzene ring substituents is 1. The lowest BCUT2D eigenvalue weighted by molar-refractivity contribution is -0.384. The summed E-state index contributed by atoms with van der Waals surface area (Å²) in [4.78, 5) is 28.3. The predicted molar refractivity (Wildman–Crippen MR) is 114 cm³/mol. The molecule has 0 amide bonds. The quantitative estimate of drug-likeness (QED) is 0.450. The smallest absolute Gasteiger partial charge is 0.336 e. The van der Waals surface area contributed by atoms with Crippen LogP contribution in [0, 0.1) is 10.1 Å². The lowest BCUT2D eigenvalue weighted by atomic mass is 9.81.